The van der Waals surface area contributed by atoms with Gasteiger partial charge in [-0.05, 0) is 51.2 Å². The molecule has 3 rings (SSSR count). The Bertz CT molecular complexity index is 848. The summed E-state index contributed by atoms with van der Waals surface area (Å²) in [4.78, 5) is 14.2. The number of carbonyl (C=O) groups is 1. The fourth-order valence-corrected chi connectivity index (χ4v) is 5.40. The van der Waals surface area contributed by atoms with Crippen LogP contribution in [-0.4, -0.2) is 62.3 Å². The predicted octanol–water partition coefficient (Wildman–Crippen LogP) is 2.53. The minimum absolute atomic E-state index is 0.0354. The molecule has 2 aliphatic rings. The van der Waals surface area contributed by atoms with Crippen molar-refractivity contribution in [3.63, 3.8) is 0 Å². The first kappa shape index (κ1) is 21.9. The number of amides is 1. The molecule has 0 unspecified atom stereocenters. The topological polar surface area (TPSA) is 69.7 Å². The number of nitrogens with zero attached hydrogens (tertiary/aromatic N) is 2. The van der Waals surface area contributed by atoms with Crippen molar-refractivity contribution in [1.82, 2.24) is 14.5 Å². The first-order valence-corrected chi connectivity index (χ1v) is 11.8. The van der Waals surface area contributed by atoms with Gasteiger partial charge in [0.25, 0.3) is 0 Å². The number of piperazine rings is 1. The lowest BCUT2D eigenvalue weighted by atomic mass is 9.97. The molecule has 6 nitrogen and oxygen atoms in total. The van der Waals surface area contributed by atoms with Gasteiger partial charge in [-0.15, -0.1) is 0 Å². The molecule has 1 aliphatic carbocycles. The van der Waals surface area contributed by atoms with Crippen molar-refractivity contribution in [3.8, 4) is 0 Å². The summed E-state index contributed by atoms with van der Waals surface area (Å²) in [6.45, 7) is 3.83. The van der Waals surface area contributed by atoms with Crippen molar-refractivity contribution in [2.24, 2.45) is 0 Å². The zero-order valence-corrected chi connectivity index (χ0v) is 17.8. The monoisotopic (exact) mass is 423 g/mol. The summed E-state index contributed by atoms with van der Waals surface area (Å²) in [6.07, 6.45) is 7.94. The largest absolute Gasteiger partial charge is 0.354 e. The zero-order chi connectivity index (χ0) is 20.9. The molecule has 1 fully saturated rings. The van der Waals surface area contributed by atoms with Gasteiger partial charge in [-0.1, -0.05) is 23.8 Å². The summed E-state index contributed by atoms with van der Waals surface area (Å²) in [5, 5.41) is 3.00. The Balaban J connectivity index is 1.48. The van der Waals surface area contributed by atoms with Crippen LogP contribution in [0.5, 0.6) is 0 Å². The van der Waals surface area contributed by atoms with Crippen LogP contribution in [0.2, 0.25) is 0 Å². The first-order chi connectivity index (χ1) is 13.9. The molecule has 1 atom stereocenters. The Morgan fingerprint density at radius 3 is 2.55 bits per heavy atom. The van der Waals surface area contributed by atoms with Crippen LogP contribution in [0.4, 0.5) is 4.39 Å². The van der Waals surface area contributed by atoms with Crippen LogP contribution in [0.25, 0.3) is 0 Å². The Kier molecular flexibility index (Phi) is 7.43. The average Bonchev–Trinajstić information content (AvgIpc) is 2.74. The highest BCUT2D eigenvalue weighted by molar-refractivity contribution is 7.89. The van der Waals surface area contributed by atoms with E-state index in [1.54, 1.807) is 0 Å². The standard InChI is InChI=1S/C21H30FN3O3S/c1-17(21(26)23-12-11-18-7-3-2-4-8-18)24-13-15-25(16-14-24)29(27,28)20-10-6-5-9-19(20)22/h5-7,9-10,17H,2-4,8,11-16H2,1H3,(H,23,26)/t17-/m0/s1. The number of halogens is 1. The van der Waals surface area contributed by atoms with Gasteiger partial charge >= 0.3 is 0 Å². The fraction of sp³-hybridized carbons (Fsp3) is 0.571. The summed E-state index contributed by atoms with van der Waals surface area (Å²) in [5.41, 5.74) is 1.43. The number of nitrogens with one attached hydrogen (secondary N) is 1. The van der Waals surface area contributed by atoms with Crippen molar-refractivity contribution in [3.05, 3.63) is 41.7 Å². The maximum absolute atomic E-state index is 13.9. The van der Waals surface area contributed by atoms with Gasteiger partial charge in [0.1, 0.15) is 10.7 Å². The first-order valence-electron chi connectivity index (χ1n) is 10.3. The normalized spacial score (nSPS) is 20.1. The van der Waals surface area contributed by atoms with Gasteiger partial charge in [0.2, 0.25) is 15.9 Å². The molecule has 0 spiro atoms. The zero-order valence-electron chi connectivity index (χ0n) is 16.9. The van der Waals surface area contributed by atoms with E-state index in [9.17, 15) is 17.6 Å². The number of hydrogen-bond donors (Lipinski definition) is 1. The van der Waals surface area contributed by atoms with Crippen LogP contribution in [0.3, 0.4) is 0 Å². The lowest BCUT2D eigenvalue weighted by Gasteiger charge is -2.36. The number of allylic oxidation sites excluding steroid dienone is 1. The van der Waals surface area contributed by atoms with E-state index in [0.717, 1.165) is 25.3 Å². The third kappa shape index (κ3) is 5.43. The summed E-state index contributed by atoms with van der Waals surface area (Å²) in [6, 6.07) is 5.10. The number of carbonyl (C=O) groups excluding carboxylic acids is 1. The average molecular weight is 424 g/mol. The van der Waals surface area contributed by atoms with E-state index in [2.05, 4.69) is 11.4 Å². The molecule has 160 valence electrons. The third-order valence-corrected chi connectivity index (χ3v) is 7.72. The summed E-state index contributed by atoms with van der Waals surface area (Å²) in [5.74, 6) is -0.775. The van der Waals surface area contributed by atoms with Crippen LogP contribution in [-0.2, 0) is 14.8 Å². The van der Waals surface area contributed by atoms with Crippen LogP contribution in [0.1, 0.15) is 39.0 Å². The molecule has 1 heterocycles. The van der Waals surface area contributed by atoms with Crippen molar-refractivity contribution in [2.45, 2.75) is 50.0 Å². The van der Waals surface area contributed by atoms with Crippen molar-refractivity contribution in [2.75, 3.05) is 32.7 Å². The molecule has 8 heteroatoms. The molecule has 1 aromatic carbocycles. The minimum Gasteiger partial charge on any atom is -0.354 e. The third-order valence-electron chi connectivity index (χ3n) is 5.79. The molecule has 1 N–H and O–H groups in total. The second-order valence-corrected chi connectivity index (χ2v) is 9.60. The smallest absolute Gasteiger partial charge is 0.246 e. The van der Waals surface area contributed by atoms with E-state index in [4.69, 9.17) is 0 Å². The van der Waals surface area contributed by atoms with Crippen LogP contribution < -0.4 is 5.32 Å². The van der Waals surface area contributed by atoms with Gasteiger partial charge in [0.15, 0.2) is 0 Å². The van der Waals surface area contributed by atoms with Crippen molar-refractivity contribution in [1.29, 1.82) is 0 Å². The number of sulfonamides is 1. The maximum Gasteiger partial charge on any atom is 0.246 e. The molecular weight excluding hydrogens is 393 g/mol. The highest BCUT2D eigenvalue weighted by atomic mass is 32.2. The molecule has 1 saturated heterocycles. The van der Waals surface area contributed by atoms with Crippen molar-refractivity contribution >= 4 is 15.9 Å². The predicted molar refractivity (Wildman–Crippen MR) is 110 cm³/mol. The highest BCUT2D eigenvalue weighted by Crippen LogP contribution is 2.21. The Morgan fingerprint density at radius 2 is 1.90 bits per heavy atom. The Hall–Kier alpha value is -1.77. The van der Waals surface area contributed by atoms with Gasteiger partial charge in [0.05, 0.1) is 6.04 Å². The maximum atomic E-state index is 13.9. The van der Waals surface area contributed by atoms with Gasteiger partial charge in [-0.2, -0.15) is 4.31 Å². The summed E-state index contributed by atoms with van der Waals surface area (Å²) >= 11 is 0. The van der Waals surface area contributed by atoms with E-state index < -0.39 is 15.8 Å². The van der Waals surface area contributed by atoms with E-state index in [-0.39, 0.29) is 29.9 Å². The van der Waals surface area contributed by atoms with Crippen LogP contribution in [0, 0.1) is 5.82 Å². The summed E-state index contributed by atoms with van der Waals surface area (Å²) in [7, 11) is -3.86. The van der Waals surface area contributed by atoms with E-state index in [0.29, 0.717) is 19.6 Å². The Morgan fingerprint density at radius 1 is 1.17 bits per heavy atom. The van der Waals surface area contributed by atoms with Crippen LogP contribution in [0.15, 0.2) is 40.8 Å². The quantitative estimate of drug-likeness (QED) is 0.685. The summed E-state index contributed by atoms with van der Waals surface area (Å²) < 4.78 is 40.6. The molecule has 1 aromatic rings. The number of hydrogen-bond acceptors (Lipinski definition) is 4. The van der Waals surface area contributed by atoms with Gasteiger partial charge in [0, 0.05) is 32.7 Å². The molecule has 0 radical (unpaired) electrons. The number of benzene rings is 1. The second-order valence-electron chi connectivity index (χ2n) is 7.70. The molecule has 0 bridgehead atoms. The van der Waals surface area contributed by atoms with Gasteiger partial charge in [-0.25, -0.2) is 12.8 Å². The molecule has 29 heavy (non-hydrogen) atoms. The van der Waals surface area contributed by atoms with E-state index >= 15 is 0 Å². The molecular formula is C21H30FN3O3S. The van der Waals surface area contributed by atoms with Gasteiger partial charge in [-0.3, -0.25) is 9.69 Å². The highest BCUT2D eigenvalue weighted by Gasteiger charge is 2.33. The second kappa shape index (κ2) is 9.82. The number of rotatable bonds is 7. The van der Waals surface area contributed by atoms with E-state index in [1.807, 2.05) is 11.8 Å². The molecule has 0 aromatic heterocycles. The van der Waals surface area contributed by atoms with Crippen molar-refractivity contribution < 1.29 is 17.6 Å². The van der Waals surface area contributed by atoms with Gasteiger partial charge < -0.3 is 5.32 Å². The lowest BCUT2D eigenvalue weighted by Crippen LogP contribution is -2.55. The molecule has 1 amide bonds. The lowest BCUT2D eigenvalue weighted by molar-refractivity contribution is -0.126. The fourth-order valence-electron chi connectivity index (χ4n) is 3.92. The SMILES string of the molecule is C[C@@H](C(=O)NCCC1=CCCCC1)N1CCN(S(=O)(=O)c2ccccc2F)CC1. The van der Waals surface area contributed by atoms with E-state index in [1.165, 1.54) is 40.9 Å². The molecule has 0 saturated carbocycles. The van der Waals surface area contributed by atoms with Crippen LogP contribution >= 0.6 is 0 Å². The minimum atomic E-state index is -3.86. The molecule has 1 aliphatic heterocycles. The Labute approximate surface area is 172 Å².